The molecule has 0 heterocycles. The van der Waals surface area contributed by atoms with Crippen molar-refractivity contribution in [2.45, 2.75) is 13.2 Å². The maximum Gasteiger partial charge on any atom is 0.139 e. The molecule has 0 aromatic heterocycles. The van der Waals surface area contributed by atoms with E-state index in [1.165, 1.54) is 0 Å². The summed E-state index contributed by atoms with van der Waals surface area (Å²) in [4.78, 5) is 0. The van der Waals surface area contributed by atoms with Gasteiger partial charge in [0.1, 0.15) is 12.4 Å². The van der Waals surface area contributed by atoms with Crippen LogP contribution in [-0.4, -0.2) is 0 Å². The summed E-state index contributed by atoms with van der Waals surface area (Å²) >= 11 is 16.8. The minimum atomic E-state index is 0.408. The molecule has 0 bridgehead atoms. The molecule has 0 fully saturated rings. The van der Waals surface area contributed by atoms with Crippen LogP contribution >= 0.6 is 59.4 Å². The number of halogens is 4. The summed E-state index contributed by atoms with van der Waals surface area (Å²) in [6.07, 6.45) is 0. The molecule has 0 radical (unpaired) electrons. The van der Waals surface area contributed by atoms with Crippen molar-refractivity contribution in [3.8, 4) is 5.75 Å². The van der Waals surface area contributed by atoms with Gasteiger partial charge in [0.05, 0.1) is 4.47 Å². The first kappa shape index (κ1) is 19.7. The number of rotatable bonds is 6. The second-order valence-corrected chi connectivity index (χ2v) is 8.71. The molecule has 26 heavy (non-hydrogen) atoms. The number of ether oxygens (including phenoxy) is 1. The molecule has 6 heteroatoms. The number of benzene rings is 3. The summed E-state index contributed by atoms with van der Waals surface area (Å²) in [5, 5.41) is 4.13. The van der Waals surface area contributed by atoms with Crippen LogP contribution in [0.5, 0.6) is 5.75 Å². The van der Waals surface area contributed by atoms with Crippen LogP contribution in [0, 0.1) is 0 Å². The van der Waals surface area contributed by atoms with Gasteiger partial charge >= 0.3 is 0 Å². The second kappa shape index (κ2) is 9.27. The lowest BCUT2D eigenvalue weighted by atomic mass is 10.2. The quantitative estimate of drug-likeness (QED) is 0.332. The highest BCUT2D eigenvalue weighted by atomic mass is 79.9. The van der Waals surface area contributed by atoms with Crippen LogP contribution in [0.1, 0.15) is 11.1 Å². The Bertz CT molecular complexity index is 900. The standard InChI is InChI=1S/C20H15Br3ClNO/c21-15-5-7-17(8-6-15)25-11-14-9-16(22)10-18(23)20(14)26-12-13-3-1-2-4-19(13)24/h1-10,25H,11-12H2. The molecule has 134 valence electrons. The number of anilines is 1. The van der Waals surface area contributed by atoms with E-state index in [4.69, 9.17) is 16.3 Å². The van der Waals surface area contributed by atoms with Gasteiger partial charge < -0.3 is 10.1 Å². The van der Waals surface area contributed by atoms with Crippen molar-refractivity contribution in [2.24, 2.45) is 0 Å². The molecule has 0 aliphatic heterocycles. The van der Waals surface area contributed by atoms with E-state index in [1.807, 2.05) is 54.6 Å². The van der Waals surface area contributed by atoms with E-state index in [-0.39, 0.29) is 0 Å². The Labute approximate surface area is 183 Å². The molecule has 0 aliphatic rings. The van der Waals surface area contributed by atoms with Crippen molar-refractivity contribution in [3.63, 3.8) is 0 Å². The Morgan fingerprint density at radius 2 is 1.58 bits per heavy atom. The van der Waals surface area contributed by atoms with Crippen LogP contribution in [0.3, 0.4) is 0 Å². The number of hydrogen-bond donors (Lipinski definition) is 1. The minimum Gasteiger partial charge on any atom is -0.487 e. The van der Waals surface area contributed by atoms with Crippen molar-refractivity contribution in [2.75, 3.05) is 5.32 Å². The molecule has 0 atom stereocenters. The molecule has 0 aliphatic carbocycles. The van der Waals surface area contributed by atoms with Gasteiger partial charge in [0.25, 0.3) is 0 Å². The third-order valence-corrected chi connectivity index (χ3v) is 5.69. The predicted molar refractivity (Wildman–Crippen MR) is 119 cm³/mol. The largest absolute Gasteiger partial charge is 0.487 e. The molecule has 3 aromatic carbocycles. The van der Waals surface area contributed by atoms with Gasteiger partial charge in [0.2, 0.25) is 0 Å². The zero-order valence-corrected chi connectivity index (χ0v) is 19.1. The van der Waals surface area contributed by atoms with Crippen LogP contribution in [-0.2, 0) is 13.2 Å². The topological polar surface area (TPSA) is 21.3 Å². The minimum absolute atomic E-state index is 0.408. The fourth-order valence-electron chi connectivity index (χ4n) is 2.44. The lowest BCUT2D eigenvalue weighted by molar-refractivity contribution is 0.301. The molecule has 2 nitrogen and oxygen atoms in total. The van der Waals surface area contributed by atoms with E-state index in [0.717, 1.165) is 36.0 Å². The third-order valence-electron chi connectivity index (χ3n) is 3.74. The Kier molecular flexibility index (Phi) is 7.04. The van der Waals surface area contributed by atoms with Crippen LogP contribution in [0.15, 0.2) is 74.1 Å². The summed E-state index contributed by atoms with van der Waals surface area (Å²) < 4.78 is 9.03. The number of hydrogen-bond acceptors (Lipinski definition) is 2. The molecular formula is C20H15Br3ClNO. The maximum absolute atomic E-state index is 6.23. The molecule has 0 saturated heterocycles. The van der Waals surface area contributed by atoms with Crippen molar-refractivity contribution < 1.29 is 4.74 Å². The monoisotopic (exact) mass is 557 g/mol. The average molecular weight is 561 g/mol. The van der Waals surface area contributed by atoms with Gasteiger partial charge in [-0.25, -0.2) is 0 Å². The van der Waals surface area contributed by atoms with Crippen molar-refractivity contribution in [1.29, 1.82) is 0 Å². The van der Waals surface area contributed by atoms with E-state index < -0.39 is 0 Å². The van der Waals surface area contributed by atoms with Gasteiger partial charge in [-0.05, 0) is 58.4 Å². The van der Waals surface area contributed by atoms with Crippen molar-refractivity contribution in [3.05, 3.63) is 90.2 Å². The highest BCUT2D eigenvalue weighted by molar-refractivity contribution is 9.11. The Hall–Kier alpha value is -1.01. The second-order valence-electron chi connectivity index (χ2n) is 5.62. The maximum atomic E-state index is 6.23. The summed E-state index contributed by atoms with van der Waals surface area (Å²) in [6.45, 7) is 1.04. The molecular weight excluding hydrogens is 545 g/mol. The van der Waals surface area contributed by atoms with Crippen molar-refractivity contribution in [1.82, 2.24) is 0 Å². The summed E-state index contributed by atoms with van der Waals surface area (Å²) in [5.41, 5.74) is 3.04. The Balaban J connectivity index is 1.78. The number of nitrogens with one attached hydrogen (secondary N) is 1. The predicted octanol–water partition coefficient (Wildman–Crippen LogP) is 7.82. The fourth-order valence-corrected chi connectivity index (χ4v) is 4.32. The van der Waals surface area contributed by atoms with Gasteiger partial charge in [-0.15, -0.1) is 0 Å². The van der Waals surface area contributed by atoms with Crippen LogP contribution in [0.2, 0.25) is 5.02 Å². The van der Waals surface area contributed by atoms with Gasteiger partial charge in [-0.2, -0.15) is 0 Å². The van der Waals surface area contributed by atoms with Crippen molar-refractivity contribution >= 4 is 65.1 Å². The smallest absolute Gasteiger partial charge is 0.139 e. The zero-order chi connectivity index (χ0) is 18.5. The first-order valence-corrected chi connectivity index (χ1v) is 10.6. The van der Waals surface area contributed by atoms with Crippen LogP contribution in [0.4, 0.5) is 5.69 Å². The van der Waals surface area contributed by atoms with Crippen LogP contribution in [0.25, 0.3) is 0 Å². The highest BCUT2D eigenvalue weighted by Crippen LogP contribution is 2.34. The van der Waals surface area contributed by atoms with E-state index >= 15 is 0 Å². The van der Waals surface area contributed by atoms with Crippen LogP contribution < -0.4 is 10.1 Å². The highest BCUT2D eigenvalue weighted by Gasteiger charge is 2.12. The van der Waals surface area contributed by atoms with E-state index in [0.29, 0.717) is 18.2 Å². The lowest BCUT2D eigenvalue weighted by Gasteiger charge is -2.16. The molecule has 0 amide bonds. The SMILES string of the molecule is Clc1ccccc1COc1c(Br)cc(Br)cc1CNc1ccc(Br)cc1. The van der Waals surface area contributed by atoms with Gasteiger partial charge in [-0.1, -0.05) is 61.7 Å². The molecule has 0 unspecified atom stereocenters. The first-order chi connectivity index (χ1) is 12.5. The summed E-state index contributed by atoms with van der Waals surface area (Å²) in [7, 11) is 0. The Morgan fingerprint density at radius 1 is 0.846 bits per heavy atom. The van der Waals surface area contributed by atoms with Gasteiger partial charge in [0.15, 0.2) is 0 Å². The van der Waals surface area contributed by atoms with E-state index in [1.54, 1.807) is 0 Å². The summed E-state index contributed by atoms with van der Waals surface area (Å²) in [6, 6.07) is 19.8. The normalized spacial score (nSPS) is 10.6. The molecule has 0 spiro atoms. The first-order valence-electron chi connectivity index (χ1n) is 7.86. The van der Waals surface area contributed by atoms with Gasteiger partial charge in [-0.3, -0.25) is 0 Å². The average Bonchev–Trinajstić information content (AvgIpc) is 2.61. The Morgan fingerprint density at radius 3 is 2.31 bits per heavy atom. The lowest BCUT2D eigenvalue weighted by Crippen LogP contribution is -2.05. The zero-order valence-electron chi connectivity index (χ0n) is 13.6. The molecule has 3 rings (SSSR count). The molecule has 1 N–H and O–H groups in total. The van der Waals surface area contributed by atoms with Gasteiger partial charge in [0, 0.05) is 37.3 Å². The molecule has 3 aromatic rings. The van der Waals surface area contributed by atoms with E-state index in [9.17, 15) is 0 Å². The fraction of sp³-hybridized carbons (Fsp3) is 0.100. The summed E-state index contributed by atoms with van der Waals surface area (Å²) in [5.74, 6) is 0.803. The third kappa shape index (κ3) is 5.26. The molecule has 0 saturated carbocycles. The van der Waals surface area contributed by atoms with E-state index in [2.05, 4.69) is 59.2 Å².